The molecule has 0 radical (unpaired) electrons. The summed E-state index contributed by atoms with van der Waals surface area (Å²) in [4.78, 5) is 7.62. The summed E-state index contributed by atoms with van der Waals surface area (Å²) < 4.78 is 5.85. The number of halogens is 2. The molecule has 0 saturated carbocycles. The number of aromatic nitrogens is 1. The van der Waals surface area contributed by atoms with E-state index < -0.39 is 0 Å². The van der Waals surface area contributed by atoms with Gasteiger partial charge in [-0.2, -0.15) is 0 Å². The van der Waals surface area contributed by atoms with Crippen LogP contribution in [0, 0.1) is 12.8 Å². The van der Waals surface area contributed by atoms with Gasteiger partial charge in [-0.25, -0.2) is 4.98 Å². The summed E-state index contributed by atoms with van der Waals surface area (Å²) in [7, 11) is 0. The largest absolute Gasteiger partial charge is 0.464 e. The highest BCUT2D eigenvalue weighted by Crippen LogP contribution is 2.46. The standard InChI is InChI=1S/C23H19Cl2NOS/c1-12-5-7-16-19(10-12)28-23-21(16)20(18-4-3-9-27-18)13(2)22(26-23)15-8-6-14(24)11-17(15)25/h3-4,6,8-9,11-12H,5,7,10H2,1-2H3. The zero-order chi connectivity index (χ0) is 19.4. The third-order valence-electron chi connectivity index (χ3n) is 5.64. The Morgan fingerprint density at radius 1 is 1.21 bits per heavy atom. The second-order valence-corrected chi connectivity index (χ2v) is 9.52. The average molecular weight is 428 g/mol. The van der Waals surface area contributed by atoms with Crippen LogP contribution in [-0.4, -0.2) is 4.98 Å². The first-order valence-electron chi connectivity index (χ1n) is 9.47. The number of rotatable bonds is 2. The predicted octanol–water partition coefficient (Wildman–Crippen LogP) is 7.96. The van der Waals surface area contributed by atoms with Gasteiger partial charge in [0, 0.05) is 26.4 Å². The van der Waals surface area contributed by atoms with Crippen LogP contribution < -0.4 is 0 Å². The number of hydrogen-bond acceptors (Lipinski definition) is 3. The van der Waals surface area contributed by atoms with Crippen LogP contribution in [0.25, 0.3) is 32.8 Å². The molecule has 0 saturated heterocycles. The fourth-order valence-electron chi connectivity index (χ4n) is 4.24. The minimum Gasteiger partial charge on any atom is -0.464 e. The molecule has 3 heterocycles. The maximum atomic E-state index is 6.54. The zero-order valence-corrected chi connectivity index (χ0v) is 18.0. The van der Waals surface area contributed by atoms with Crippen LogP contribution in [0.4, 0.5) is 0 Å². The van der Waals surface area contributed by atoms with E-state index in [1.54, 1.807) is 12.3 Å². The van der Waals surface area contributed by atoms with Gasteiger partial charge in [0.25, 0.3) is 0 Å². The Bertz CT molecular complexity index is 1190. The van der Waals surface area contributed by atoms with E-state index in [1.807, 2.05) is 35.6 Å². The number of thiophene rings is 1. The van der Waals surface area contributed by atoms with Gasteiger partial charge in [0.1, 0.15) is 10.6 Å². The Balaban J connectivity index is 1.86. The van der Waals surface area contributed by atoms with Crippen molar-refractivity contribution in [2.45, 2.75) is 33.1 Å². The summed E-state index contributed by atoms with van der Waals surface area (Å²) >= 11 is 14.5. The summed E-state index contributed by atoms with van der Waals surface area (Å²) in [5.74, 6) is 1.61. The Hall–Kier alpha value is -1.81. The fourth-order valence-corrected chi connectivity index (χ4v) is 6.13. The molecule has 1 aliphatic rings. The number of fused-ring (bicyclic) bond motifs is 3. The lowest BCUT2D eigenvalue weighted by Crippen LogP contribution is -2.08. The summed E-state index contributed by atoms with van der Waals surface area (Å²) in [5, 5.41) is 2.50. The quantitative estimate of drug-likeness (QED) is 0.324. The predicted molar refractivity (Wildman–Crippen MR) is 119 cm³/mol. The third kappa shape index (κ3) is 2.88. The van der Waals surface area contributed by atoms with Gasteiger partial charge < -0.3 is 4.42 Å². The van der Waals surface area contributed by atoms with Gasteiger partial charge in [-0.1, -0.05) is 30.1 Å². The molecule has 0 aliphatic heterocycles. The van der Waals surface area contributed by atoms with Gasteiger partial charge in [-0.3, -0.25) is 0 Å². The summed E-state index contributed by atoms with van der Waals surface area (Å²) in [6.07, 6.45) is 5.19. The highest BCUT2D eigenvalue weighted by Gasteiger charge is 2.26. The van der Waals surface area contributed by atoms with E-state index in [-0.39, 0.29) is 0 Å². The second-order valence-electron chi connectivity index (χ2n) is 7.59. The van der Waals surface area contributed by atoms with Gasteiger partial charge in [0.15, 0.2) is 0 Å². The Labute approximate surface area is 178 Å². The van der Waals surface area contributed by atoms with Crippen molar-refractivity contribution >= 4 is 44.8 Å². The molecule has 142 valence electrons. The highest BCUT2D eigenvalue weighted by atomic mass is 35.5. The molecule has 3 aromatic heterocycles. The lowest BCUT2D eigenvalue weighted by molar-refractivity contribution is 0.509. The third-order valence-corrected chi connectivity index (χ3v) is 7.34. The molecule has 2 nitrogen and oxygen atoms in total. The van der Waals surface area contributed by atoms with Crippen molar-refractivity contribution in [1.29, 1.82) is 0 Å². The number of hydrogen-bond donors (Lipinski definition) is 0. The summed E-state index contributed by atoms with van der Waals surface area (Å²) in [6.45, 7) is 4.44. The van der Waals surface area contributed by atoms with Crippen LogP contribution >= 0.6 is 34.5 Å². The minimum absolute atomic E-state index is 0.614. The Kier molecular flexibility index (Phi) is 4.50. The fraction of sp³-hybridized carbons (Fsp3) is 0.261. The van der Waals surface area contributed by atoms with Crippen molar-refractivity contribution in [3.8, 4) is 22.6 Å². The first-order valence-corrected chi connectivity index (χ1v) is 11.0. The molecule has 0 bridgehead atoms. The van der Waals surface area contributed by atoms with E-state index in [9.17, 15) is 0 Å². The van der Waals surface area contributed by atoms with Crippen molar-refractivity contribution in [3.63, 3.8) is 0 Å². The molecule has 28 heavy (non-hydrogen) atoms. The number of nitrogens with zero attached hydrogens (tertiary/aromatic N) is 1. The lowest BCUT2D eigenvalue weighted by Gasteiger charge is -2.19. The molecule has 1 atom stereocenters. The molecule has 0 spiro atoms. The number of furan rings is 1. The molecular weight excluding hydrogens is 409 g/mol. The van der Waals surface area contributed by atoms with Crippen molar-refractivity contribution in [2.75, 3.05) is 0 Å². The van der Waals surface area contributed by atoms with Crippen LogP contribution in [0.3, 0.4) is 0 Å². The van der Waals surface area contributed by atoms with E-state index in [0.717, 1.165) is 51.7 Å². The Morgan fingerprint density at radius 3 is 2.82 bits per heavy atom. The lowest BCUT2D eigenvalue weighted by atomic mass is 9.87. The molecule has 4 aromatic rings. The van der Waals surface area contributed by atoms with Crippen LogP contribution in [0.15, 0.2) is 41.0 Å². The number of pyridine rings is 1. The van der Waals surface area contributed by atoms with Crippen molar-refractivity contribution in [1.82, 2.24) is 4.98 Å². The topological polar surface area (TPSA) is 26.0 Å². The van der Waals surface area contributed by atoms with Crippen LogP contribution in [0.1, 0.15) is 29.3 Å². The molecule has 1 aromatic carbocycles. The molecule has 1 aliphatic carbocycles. The maximum absolute atomic E-state index is 6.54. The molecule has 5 rings (SSSR count). The zero-order valence-electron chi connectivity index (χ0n) is 15.7. The van der Waals surface area contributed by atoms with Crippen molar-refractivity contribution < 1.29 is 4.42 Å². The summed E-state index contributed by atoms with van der Waals surface area (Å²) in [5.41, 5.74) is 5.48. The molecule has 0 amide bonds. The van der Waals surface area contributed by atoms with Crippen LogP contribution in [-0.2, 0) is 12.8 Å². The normalized spacial score (nSPS) is 16.5. The molecule has 0 fully saturated rings. The molecular formula is C23H19Cl2NOS. The summed E-state index contributed by atoms with van der Waals surface area (Å²) in [6, 6.07) is 9.56. The average Bonchev–Trinajstić information content (AvgIpc) is 3.29. The van der Waals surface area contributed by atoms with Crippen molar-refractivity contribution in [3.05, 3.63) is 62.6 Å². The van der Waals surface area contributed by atoms with Gasteiger partial charge in [0.2, 0.25) is 0 Å². The van der Waals surface area contributed by atoms with E-state index in [0.29, 0.717) is 10.0 Å². The second kappa shape index (κ2) is 6.91. The smallest absolute Gasteiger partial charge is 0.134 e. The number of benzene rings is 1. The first-order chi connectivity index (χ1) is 13.5. The van der Waals surface area contributed by atoms with Gasteiger partial charge in [0.05, 0.1) is 17.0 Å². The van der Waals surface area contributed by atoms with Crippen LogP contribution in [0.5, 0.6) is 0 Å². The molecule has 5 heteroatoms. The van der Waals surface area contributed by atoms with Gasteiger partial charge in [-0.15, -0.1) is 11.3 Å². The van der Waals surface area contributed by atoms with Gasteiger partial charge in [-0.05, 0) is 73.6 Å². The van der Waals surface area contributed by atoms with E-state index in [4.69, 9.17) is 32.6 Å². The number of aryl methyl sites for hydroxylation is 1. The highest BCUT2D eigenvalue weighted by molar-refractivity contribution is 7.19. The van der Waals surface area contributed by atoms with E-state index in [2.05, 4.69) is 13.8 Å². The minimum atomic E-state index is 0.614. The van der Waals surface area contributed by atoms with Gasteiger partial charge >= 0.3 is 0 Å². The SMILES string of the molecule is Cc1c(-c2ccc(Cl)cc2Cl)nc2sc3c(c2c1-c1ccco1)CCC(C)C3. The van der Waals surface area contributed by atoms with E-state index >= 15 is 0 Å². The molecule has 0 N–H and O–H groups in total. The van der Waals surface area contributed by atoms with Crippen LogP contribution in [0.2, 0.25) is 10.0 Å². The van der Waals surface area contributed by atoms with E-state index in [1.165, 1.54) is 22.2 Å². The monoisotopic (exact) mass is 427 g/mol. The Morgan fingerprint density at radius 2 is 2.07 bits per heavy atom. The first kappa shape index (κ1) is 18.2. The van der Waals surface area contributed by atoms with Crippen molar-refractivity contribution in [2.24, 2.45) is 5.92 Å². The maximum Gasteiger partial charge on any atom is 0.134 e. The molecule has 1 unspecified atom stereocenters.